The molecule has 0 aliphatic rings. The van der Waals surface area contributed by atoms with Gasteiger partial charge in [-0.05, 0) is 122 Å². The first-order valence-corrected chi connectivity index (χ1v) is 31.3. The molecular formula is C64H107O11P. The van der Waals surface area contributed by atoms with E-state index in [0.717, 1.165) is 116 Å². The lowest BCUT2D eigenvalue weighted by Gasteiger charge is -2.21. The third-order valence-corrected chi connectivity index (χ3v) is 13.1. The van der Waals surface area contributed by atoms with Gasteiger partial charge in [0.15, 0.2) is 6.10 Å². The van der Waals surface area contributed by atoms with Crippen molar-refractivity contribution < 1.29 is 52.2 Å². The van der Waals surface area contributed by atoms with Gasteiger partial charge in [0, 0.05) is 19.3 Å². The zero-order valence-electron chi connectivity index (χ0n) is 47.9. The van der Waals surface area contributed by atoms with Crippen LogP contribution in [0.1, 0.15) is 239 Å². The summed E-state index contributed by atoms with van der Waals surface area (Å²) in [6.45, 7) is 4.33. The molecule has 0 radical (unpaired) electrons. The summed E-state index contributed by atoms with van der Waals surface area (Å²) in [5.74, 6) is -1.55. The number of ether oxygens (including phenoxy) is 3. The van der Waals surface area contributed by atoms with Gasteiger partial charge in [0.1, 0.15) is 12.7 Å². The third kappa shape index (κ3) is 54.9. The van der Waals surface area contributed by atoms with Crippen LogP contribution in [0, 0.1) is 0 Å². The first-order valence-electron chi connectivity index (χ1n) is 29.8. The second kappa shape index (κ2) is 57.3. The van der Waals surface area contributed by atoms with Crippen LogP contribution in [0.4, 0.5) is 0 Å². The van der Waals surface area contributed by atoms with E-state index < -0.39 is 57.8 Å². The van der Waals surface area contributed by atoms with Crippen LogP contribution in [-0.4, -0.2) is 66.5 Å². The van der Waals surface area contributed by atoms with Gasteiger partial charge in [0.2, 0.25) is 0 Å². The van der Waals surface area contributed by atoms with Crippen molar-refractivity contribution in [2.24, 2.45) is 0 Å². The monoisotopic (exact) mass is 1080 g/mol. The van der Waals surface area contributed by atoms with Crippen molar-refractivity contribution in [1.82, 2.24) is 0 Å². The average Bonchev–Trinajstić information content (AvgIpc) is 3.41. The predicted octanol–water partition coefficient (Wildman–Crippen LogP) is 17.8. The van der Waals surface area contributed by atoms with E-state index in [1.807, 2.05) is 0 Å². The Balaban J connectivity index is 4.82. The Morgan fingerprint density at radius 3 is 1.09 bits per heavy atom. The van der Waals surface area contributed by atoms with E-state index in [1.165, 1.54) is 64.2 Å². The minimum absolute atomic E-state index is 0.118. The third-order valence-electron chi connectivity index (χ3n) is 12.2. The quantitative estimate of drug-likeness (QED) is 0.0197. The molecular weight excluding hydrogens is 976 g/mol. The summed E-state index contributed by atoms with van der Waals surface area (Å²) in [7, 11) is -4.77. The van der Waals surface area contributed by atoms with Crippen LogP contribution < -0.4 is 0 Å². The molecule has 0 saturated carbocycles. The van der Waals surface area contributed by atoms with Gasteiger partial charge >= 0.3 is 25.7 Å². The number of hydrogen-bond acceptors (Lipinski definition) is 10. The van der Waals surface area contributed by atoms with Crippen molar-refractivity contribution in [3.05, 3.63) is 109 Å². The summed E-state index contributed by atoms with van der Waals surface area (Å²) < 4.78 is 39.5. The van der Waals surface area contributed by atoms with E-state index in [4.69, 9.17) is 23.3 Å². The lowest BCUT2D eigenvalue weighted by Crippen LogP contribution is -2.30. The van der Waals surface area contributed by atoms with E-state index in [2.05, 4.69) is 130 Å². The van der Waals surface area contributed by atoms with E-state index in [0.29, 0.717) is 19.3 Å². The number of aliphatic hydroxyl groups excluding tert-OH is 1. The molecule has 0 rings (SSSR count). The van der Waals surface area contributed by atoms with Crippen molar-refractivity contribution in [3.8, 4) is 0 Å². The highest BCUT2D eigenvalue weighted by atomic mass is 31.2. The van der Waals surface area contributed by atoms with Crippen molar-refractivity contribution in [2.45, 2.75) is 251 Å². The summed E-state index contributed by atoms with van der Waals surface area (Å²) >= 11 is 0. The molecule has 0 aromatic rings. The van der Waals surface area contributed by atoms with Crippen LogP contribution in [0.15, 0.2) is 109 Å². The average molecular weight is 1080 g/mol. The van der Waals surface area contributed by atoms with E-state index in [-0.39, 0.29) is 25.9 Å². The van der Waals surface area contributed by atoms with Gasteiger partial charge in [-0.2, -0.15) is 0 Å². The molecule has 0 saturated heterocycles. The summed E-state index contributed by atoms with van der Waals surface area (Å²) in [5, 5.41) is 9.82. The molecule has 76 heavy (non-hydrogen) atoms. The maximum atomic E-state index is 12.9. The topological polar surface area (TPSA) is 155 Å². The SMILES string of the molecule is CC/C=C\C/C=C\C/C=C\C/C=C\CCCCCCC(=O)OC(COC(=O)CCCCCCCCC/C=C\CCCCCCCC)COP(=O)(O)OCC(CO)OC(=O)CCCC/C=C\C/C=C\C/C=C\C/C=C\CC. The maximum absolute atomic E-state index is 12.9. The number of carbonyl (C=O) groups is 3. The van der Waals surface area contributed by atoms with Gasteiger partial charge in [-0.3, -0.25) is 23.4 Å². The van der Waals surface area contributed by atoms with Gasteiger partial charge in [-0.1, -0.05) is 207 Å². The number of unbranched alkanes of at least 4 members (excludes halogenated alkanes) is 19. The summed E-state index contributed by atoms with van der Waals surface area (Å²) in [5.41, 5.74) is 0. The molecule has 0 aliphatic carbocycles. The molecule has 0 aliphatic heterocycles. The van der Waals surface area contributed by atoms with Crippen molar-refractivity contribution >= 4 is 25.7 Å². The normalized spacial score (nSPS) is 14.1. The second-order valence-electron chi connectivity index (χ2n) is 19.4. The molecule has 12 heteroatoms. The van der Waals surface area contributed by atoms with Gasteiger partial charge in [0.05, 0.1) is 19.8 Å². The molecule has 0 aromatic heterocycles. The van der Waals surface area contributed by atoms with Crippen LogP contribution in [0.2, 0.25) is 0 Å². The number of esters is 3. The maximum Gasteiger partial charge on any atom is 0.472 e. The fraction of sp³-hybridized carbons (Fsp3) is 0.672. The first kappa shape index (κ1) is 72.1. The molecule has 0 bridgehead atoms. The van der Waals surface area contributed by atoms with Crippen LogP contribution in [-0.2, 0) is 42.2 Å². The van der Waals surface area contributed by atoms with Gasteiger partial charge in [-0.25, -0.2) is 4.57 Å². The highest BCUT2D eigenvalue weighted by Gasteiger charge is 2.28. The lowest BCUT2D eigenvalue weighted by atomic mass is 10.1. The van der Waals surface area contributed by atoms with E-state index in [1.54, 1.807) is 0 Å². The Hall–Kier alpha value is -3.86. The van der Waals surface area contributed by atoms with E-state index in [9.17, 15) is 28.9 Å². The van der Waals surface area contributed by atoms with Crippen molar-refractivity contribution in [3.63, 3.8) is 0 Å². The standard InChI is InChI=1S/C64H107O11P/c1-4-7-10-13-16-19-22-25-28-30-33-35-38-41-44-47-50-53-62(66)71-57-61(75-64(68)55-52-49-46-43-40-37-34-31-29-26-23-20-17-14-11-8-5-2)59-73-76(69,70)72-58-60(56-65)74-63(67)54-51-48-45-42-39-36-32-27-24-21-18-15-12-9-6-3/h8-9,11-12,17-18,20-21,25-29,32,34,37,39,42,60-61,65H,4-7,10,13-16,19,22-24,30-31,33,35-36,38,40-41,43-59H2,1-3H3,(H,69,70)/b11-8-,12-9-,20-17-,21-18-,28-25-,29-26-,32-27-,37-34-,42-39-. The van der Waals surface area contributed by atoms with Crippen LogP contribution in [0.5, 0.6) is 0 Å². The number of hydrogen-bond donors (Lipinski definition) is 2. The Morgan fingerprint density at radius 2 is 0.684 bits per heavy atom. The van der Waals surface area contributed by atoms with Crippen molar-refractivity contribution in [1.29, 1.82) is 0 Å². The minimum Gasteiger partial charge on any atom is -0.462 e. The van der Waals surface area contributed by atoms with Gasteiger partial charge in [-0.15, -0.1) is 0 Å². The number of carbonyl (C=O) groups excluding carboxylic acids is 3. The number of allylic oxidation sites excluding steroid dienone is 18. The molecule has 3 atom stereocenters. The summed E-state index contributed by atoms with van der Waals surface area (Å²) in [4.78, 5) is 48.6. The molecule has 0 spiro atoms. The van der Waals surface area contributed by atoms with Crippen LogP contribution in [0.3, 0.4) is 0 Å². The molecule has 0 fully saturated rings. The first-order chi connectivity index (χ1) is 37.2. The second-order valence-corrected chi connectivity index (χ2v) is 20.8. The largest absolute Gasteiger partial charge is 0.472 e. The number of phosphoric acid groups is 1. The van der Waals surface area contributed by atoms with Crippen molar-refractivity contribution in [2.75, 3.05) is 26.4 Å². The molecule has 0 aromatic carbocycles. The Morgan fingerprint density at radius 1 is 0.382 bits per heavy atom. The number of rotatable bonds is 54. The Kier molecular flexibility index (Phi) is 54.4. The fourth-order valence-electron chi connectivity index (χ4n) is 7.69. The molecule has 2 N–H and O–H groups in total. The Labute approximate surface area is 463 Å². The van der Waals surface area contributed by atoms with Gasteiger partial charge < -0.3 is 24.2 Å². The predicted molar refractivity (Wildman–Crippen MR) is 316 cm³/mol. The van der Waals surface area contributed by atoms with E-state index >= 15 is 0 Å². The highest BCUT2D eigenvalue weighted by molar-refractivity contribution is 7.47. The van der Waals surface area contributed by atoms with Gasteiger partial charge in [0.25, 0.3) is 0 Å². The fourth-order valence-corrected chi connectivity index (χ4v) is 8.47. The summed E-state index contributed by atoms with van der Waals surface area (Å²) in [6.07, 6.45) is 69.0. The highest BCUT2D eigenvalue weighted by Crippen LogP contribution is 2.43. The molecule has 0 amide bonds. The Bertz CT molecular complexity index is 1690. The smallest absolute Gasteiger partial charge is 0.462 e. The molecule has 3 unspecified atom stereocenters. The number of phosphoric ester groups is 1. The lowest BCUT2D eigenvalue weighted by molar-refractivity contribution is -0.161. The number of aliphatic hydroxyl groups is 1. The molecule has 11 nitrogen and oxygen atoms in total. The summed E-state index contributed by atoms with van der Waals surface area (Å²) in [6, 6.07) is 0. The zero-order chi connectivity index (χ0) is 55.5. The molecule has 0 heterocycles. The molecule has 434 valence electrons. The van der Waals surface area contributed by atoms with Crippen LogP contribution in [0.25, 0.3) is 0 Å². The minimum atomic E-state index is -4.77. The van der Waals surface area contributed by atoms with Crippen LogP contribution >= 0.6 is 7.82 Å². The zero-order valence-corrected chi connectivity index (χ0v) is 48.8.